The Labute approximate surface area is 139 Å². The number of imidazole rings is 1. The maximum atomic E-state index is 12.4. The van der Waals surface area contributed by atoms with E-state index in [0.29, 0.717) is 6.42 Å². The molecule has 1 fully saturated rings. The zero-order chi connectivity index (χ0) is 17.0. The highest BCUT2D eigenvalue weighted by Crippen LogP contribution is 2.37. The predicted molar refractivity (Wildman–Crippen MR) is 92.0 cm³/mol. The van der Waals surface area contributed by atoms with Crippen LogP contribution in [0.2, 0.25) is 0 Å². The first kappa shape index (κ1) is 14.9. The number of hydrogen-bond donors (Lipinski definition) is 1. The molecule has 1 amide bonds. The summed E-state index contributed by atoms with van der Waals surface area (Å²) in [7, 11) is 0. The standard InChI is InChI=1S/C18H20N4O2/c1-9-5-6-16(23)22(9)15-8-13(17-10(2)21-24-11(17)3)7-14-18(15)20-12(4)19-14/h7-9H,5-6H2,1-4H3,(H,19,20). The number of aromatic amines is 1. The largest absolute Gasteiger partial charge is 0.361 e. The molecule has 6 heteroatoms. The normalized spacial score (nSPS) is 18.1. The predicted octanol–water partition coefficient (Wildman–Crippen LogP) is 3.66. The summed E-state index contributed by atoms with van der Waals surface area (Å²) in [4.78, 5) is 22.2. The summed E-state index contributed by atoms with van der Waals surface area (Å²) in [6.45, 7) is 7.84. The maximum Gasteiger partial charge on any atom is 0.227 e. The number of aromatic nitrogens is 3. The van der Waals surface area contributed by atoms with Gasteiger partial charge < -0.3 is 14.4 Å². The van der Waals surface area contributed by atoms with Crippen molar-refractivity contribution in [3.8, 4) is 11.1 Å². The van der Waals surface area contributed by atoms with Gasteiger partial charge in [0.1, 0.15) is 17.1 Å². The van der Waals surface area contributed by atoms with Gasteiger partial charge in [0.05, 0.1) is 16.9 Å². The van der Waals surface area contributed by atoms with Gasteiger partial charge in [-0.3, -0.25) is 4.79 Å². The van der Waals surface area contributed by atoms with Crippen molar-refractivity contribution in [1.82, 2.24) is 15.1 Å². The molecule has 1 N–H and O–H groups in total. The van der Waals surface area contributed by atoms with Crippen molar-refractivity contribution in [3.05, 3.63) is 29.4 Å². The molecule has 0 bridgehead atoms. The smallest absolute Gasteiger partial charge is 0.227 e. The Morgan fingerprint density at radius 2 is 2.08 bits per heavy atom. The molecule has 2 aromatic heterocycles. The van der Waals surface area contributed by atoms with Crippen molar-refractivity contribution >= 4 is 22.6 Å². The van der Waals surface area contributed by atoms with E-state index in [-0.39, 0.29) is 11.9 Å². The van der Waals surface area contributed by atoms with Crippen LogP contribution in [0.3, 0.4) is 0 Å². The number of carbonyl (C=O) groups excluding carboxylic acids is 1. The lowest BCUT2D eigenvalue weighted by atomic mass is 10.0. The molecule has 1 atom stereocenters. The van der Waals surface area contributed by atoms with E-state index in [0.717, 1.165) is 51.5 Å². The Morgan fingerprint density at radius 3 is 2.71 bits per heavy atom. The van der Waals surface area contributed by atoms with E-state index in [1.54, 1.807) is 0 Å². The molecule has 4 rings (SSSR count). The molecule has 24 heavy (non-hydrogen) atoms. The summed E-state index contributed by atoms with van der Waals surface area (Å²) >= 11 is 0. The van der Waals surface area contributed by atoms with Gasteiger partial charge in [-0.1, -0.05) is 5.16 Å². The summed E-state index contributed by atoms with van der Waals surface area (Å²) in [6, 6.07) is 4.27. The zero-order valence-corrected chi connectivity index (χ0v) is 14.3. The monoisotopic (exact) mass is 324 g/mol. The quantitative estimate of drug-likeness (QED) is 0.780. The van der Waals surface area contributed by atoms with Crippen LogP contribution in [0, 0.1) is 20.8 Å². The van der Waals surface area contributed by atoms with Gasteiger partial charge >= 0.3 is 0 Å². The van der Waals surface area contributed by atoms with Gasteiger partial charge in [-0.15, -0.1) is 0 Å². The van der Waals surface area contributed by atoms with Crippen molar-refractivity contribution in [2.24, 2.45) is 0 Å². The fraction of sp³-hybridized carbons (Fsp3) is 0.389. The second kappa shape index (κ2) is 5.19. The average molecular weight is 324 g/mol. The molecule has 1 saturated heterocycles. The number of carbonyl (C=O) groups is 1. The molecule has 0 aliphatic carbocycles. The van der Waals surface area contributed by atoms with Crippen LogP contribution in [-0.4, -0.2) is 27.1 Å². The number of H-pyrrole nitrogens is 1. The lowest BCUT2D eigenvalue weighted by Gasteiger charge is -2.23. The lowest BCUT2D eigenvalue weighted by Crippen LogP contribution is -2.30. The fourth-order valence-corrected chi connectivity index (χ4v) is 3.65. The number of benzene rings is 1. The first-order chi connectivity index (χ1) is 11.5. The topological polar surface area (TPSA) is 75.0 Å². The van der Waals surface area contributed by atoms with Crippen LogP contribution in [0.25, 0.3) is 22.2 Å². The fourth-order valence-electron chi connectivity index (χ4n) is 3.65. The summed E-state index contributed by atoms with van der Waals surface area (Å²) < 4.78 is 5.32. The number of rotatable bonds is 2. The highest BCUT2D eigenvalue weighted by atomic mass is 16.5. The van der Waals surface area contributed by atoms with Crippen molar-refractivity contribution < 1.29 is 9.32 Å². The number of nitrogens with zero attached hydrogens (tertiary/aromatic N) is 3. The van der Waals surface area contributed by atoms with E-state index < -0.39 is 0 Å². The van der Waals surface area contributed by atoms with Crippen LogP contribution < -0.4 is 4.90 Å². The number of anilines is 1. The minimum absolute atomic E-state index is 0.153. The number of nitrogens with one attached hydrogen (secondary N) is 1. The van der Waals surface area contributed by atoms with Gasteiger partial charge in [0, 0.05) is 18.0 Å². The SMILES string of the molecule is Cc1nc2c(N3C(=O)CCC3C)cc(-c3c(C)noc3C)cc2[nH]1. The lowest BCUT2D eigenvalue weighted by molar-refractivity contribution is -0.117. The summed E-state index contributed by atoms with van der Waals surface area (Å²) in [6.07, 6.45) is 1.46. The third kappa shape index (κ3) is 2.13. The molecule has 1 aliphatic heterocycles. The van der Waals surface area contributed by atoms with Gasteiger partial charge in [-0.2, -0.15) is 0 Å². The third-order valence-electron chi connectivity index (χ3n) is 4.75. The Hall–Kier alpha value is -2.63. The van der Waals surface area contributed by atoms with E-state index in [1.165, 1.54) is 0 Å². The second-order valence-electron chi connectivity index (χ2n) is 6.56. The second-order valence-corrected chi connectivity index (χ2v) is 6.56. The first-order valence-electron chi connectivity index (χ1n) is 8.21. The van der Waals surface area contributed by atoms with E-state index >= 15 is 0 Å². The highest BCUT2D eigenvalue weighted by molar-refractivity contribution is 6.05. The van der Waals surface area contributed by atoms with Crippen molar-refractivity contribution in [2.45, 2.75) is 46.6 Å². The van der Waals surface area contributed by atoms with Crippen molar-refractivity contribution in [1.29, 1.82) is 0 Å². The Kier molecular flexibility index (Phi) is 3.23. The average Bonchev–Trinajstić information content (AvgIpc) is 3.16. The van der Waals surface area contributed by atoms with Crippen molar-refractivity contribution in [3.63, 3.8) is 0 Å². The van der Waals surface area contributed by atoms with Crippen LogP contribution in [0.5, 0.6) is 0 Å². The first-order valence-corrected chi connectivity index (χ1v) is 8.21. The van der Waals surface area contributed by atoms with E-state index in [2.05, 4.69) is 28.1 Å². The number of fused-ring (bicyclic) bond motifs is 1. The van der Waals surface area contributed by atoms with Gasteiger partial charge in [0.25, 0.3) is 0 Å². The maximum absolute atomic E-state index is 12.4. The molecular weight excluding hydrogens is 304 g/mol. The molecule has 124 valence electrons. The van der Waals surface area contributed by atoms with Crippen LogP contribution >= 0.6 is 0 Å². The van der Waals surface area contributed by atoms with Gasteiger partial charge in [0.15, 0.2) is 0 Å². The molecule has 1 unspecified atom stereocenters. The molecule has 0 radical (unpaired) electrons. The number of aryl methyl sites for hydroxylation is 3. The minimum atomic E-state index is 0.153. The van der Waals surface area contributed by atoms with Crippen LogP contribution in [0.1, 0.15) is 37.0 Å². The van der Waals surface area contributed by atoms with Crippen LogP contribution in [-0.2, 0) is 4.79 Å². The van der Waals surface area contributed by atoms with Gasteiger partial charge in [0.2, 0.25) is 5.91 Å². The van der Waals surface area contributed by atoms with Crippen LogP contribution in [0.15, 0.2) is 16.7 Å². The molecule has 6 nitrogen and oxygen atoms in total. The van der Waals surface area contributed by atoms with E-state index in [1.807, 2.05) is 31.7 Å². The number of hydrogen-bond acceptors (Lipinski definition) is 4. The zero-order valence-electron chi connectivity index (χ0n) is 14.3. The van der Waals surface area contributed by atoms with E-state index in [9.17, 15) is 4.79 Å². The van der Waals surface area contributed by atoms with Gasteiger partial charge in [-0.05, 0) is 51.8 Å². The molecule has 0 spiro atoms. The number of amides is 1. The Bertz CT molecular complexity index is 934. The van der Waals surface area contributed by atoms with Crippen LogP contribution in [0.4, 0.5) is 5.69 Å². The molecular formula is C18H20N4O2. The Morgan fingerprint density at radius 1 is 1.29 bits per heavy atom. The minimum Gasteiger partial charge on any atom is -0.361 e. The third-order valence-corrected chi connectivity index (χ3v) is 4.75. The van der Waals surface area contributed by atoms with Gasteiger partial charge in [-0.25, -0.2) is 4.98 Å². The summed E-state index contributed by atoms with van der Waals surface area (Å²) in [5.74, 6) is 1.76. The van der Waals surface area contributed by atoms with Crippen molar-refractivity contribution in [2.75, 3.05) is 4.90 Å². The summed E-state index contributed by atoms with van der Waals surface area (Å²) in [5, 5.41) is 4.05. The van der Waals surface area contributed by atoms with E-state index in [4.69, 9.17) is 4.52 Å². The molecule has 1 aliphatic rings. The molecule has 0 saturated carbocycles. The molecule has 1 aromatic carbocycles. The molecule has 3 heterocycles. The molecule has 3 aromatic rings. The summed E-state index contributed by atoms with van der Waals surface area (Å²) in [5.41, 5.74) is 5.43. The Balaban J connectivity index is 2.00. The highest BCUT2D eigenvalue weighted by Gasteiger charge is 2.31.